The average molecular weight is 423 g/mol. The van der Waals surface area contributed by atoms with Crippen LogP contribution < -0.4 is 0 Å². The topological polar surface area (TPSA) is 0 Å². The van der Waals surface area contributed by atoms with E-state index in [1.165, 1.54) is 66.0 Å². The highest BCUT2D eigenvalue weighted by Crippen LogP contribution is 2.44. The summed E-state index contributed by atoms with van der Waals surface area (Å²) in [6, 6.07) is 39.6. The zero-order valence-corrected chi connectivity index (χ0v) is 17.8. The predicted molar refractivity (Wildman–Crippen MR) is 139 cm³/mol. The molecule has 7 rings (SSSR count). The second-order valence-corrected chi connectivity index (χ2v) is 8.65. The van der Waals surface area contributed by atoms with Crippen molar-refractivity contribution in [3.05, 3.63) is 121 Å². The fraction of sp³-hybridized carbons (Fsp3) is 0. The van der Waals surface area contributed by atoms with Crippen LogP contribution in [-0.2, 0) is 0 Å². The molecule has 0 fully saturated rings. The molecule has 0 heterocycles. The lowest BCUT2D eigenvalue weighted by atomic mass is 9.86. The van der Waals surface area contributed by atoms with Crippen LogP contribution in [0.5, 0.6) is 0 Å². The first-order valence-electron chi connectivity index (χ1n) is 11.2. The van der Waals surface area contributed by atoms with Gasteiger partial charge in [-0.2, -0.15) is 0 Å². The fourth-order valence-corrected chi connectivity index (χ4v) is 5.44. The minimum atomic E-state index is -0.214. The van der Waals surface area contributed by atoms with Gasteiger partial charge < -0.3 is 0 Å². The van der Waals surface area contributed by atoms with Gasteiger partial charge in [-0.15, -0.1) is 0 Å². The molecular weight excluding hydrogens is 403 g/mol. The molecule has 0 aliphatic heterocycles. The normalized spacial score (nSPS) is 11.8. The first-order valence-corrected chi connectivity index (χ1v) is 11.2. The van der Waals surface area contributed by atoms with E-state index < -0.39 is 0 Å². The average Bonchev–Trinajstić information content (AvgIpc) is 2.88. The molecule has 0 atom stereocenters. The lowest BCUT2D eigenvalue weighted by Crippen LogP contribution is -1.89. The van der Waals surface area contributed by atoms with Crippen molar-refractivity contribution in [2.45, 2.75) is 0 Å². The highest BCUT2D eigenvalue weighted by molar-refractivity contribution is 6.39. The molecule has 1 heteroatoms. The van der Waals surface area contributed by atoms with E-state index in [1.54, 1.807) is 0 Å². The molecule has 0 radical (unpaired) electrons. The molecule has 0 aromatic heterocycles. The lowest BCUT2D eigenvalue weighted by Gasteiger charge is -2.17. The number of benzene rings is 7. The third kappa shape index (κ3) is 2.63. The summed E-state index contributed by atoms with van der Waals surface area (Å²) in [5.74, 6) is -0.214. The predicted octanol–water partition coefficient (Wildman–Crippen LogP) is 9.26. The fourth-order valence-electron chi connectivity index (χ4n) is 5.44. The van der Waals surface area contributed by atoms with Gasteiger partial charge in [0.2, 0.25) is 0 Å². The molecule has 0 unspecified atom stereocenters. The van der Waals surface area contributed by atoms with Crippen molar-refractivity contribution in [2.75, 3.05) is 0 Å². The van der Waals surface area contributed by atoms with Gasteiger partial charge in [0.15, 0.2) is 0 Å². The Morgan fingerprint density at radius 3 is 1.24 bits per heavy atom. The summed E-state index contributed by atoms with van der Waals surface area (Å²) in [5, 5.41) is 12.7. The molecular formula is C32H19F. The van der Waals surface area contributed by atoms with Crippen LogP contribution in [0.2, 0.25) is 0 Å². The van der Waals surface area contributed by atoms with Gasteiger partial charge in [0.1, 0.15) is 5.82 Å². The molecule has 0 amide bonds. The van der Waals surface area contributed by atoms with Crippen LogP contribution in [0, 0.1) is 5.82 Å². The maximum Gasteiger partial charge on any atom is 0.123 e. The summed E-state index contributed by atoms with van der Waals surface area (Å²) in [6.07, 6.45) is 0. The van der Waals surface area contributed by atoms with E-state index in [9.17, 15) is 4.39 Å². The summed E-state index contributed by atoms with van der Waals surface area (Å²) < 4.78 is 13.6. The molecule has 0 spiro atoms. The zero-order valence-electron chi connectivity index (χ0n) is 17.8. The van der Waals surface area contributed by atoms with Crippen molar-refractivity contribution in [3.63, 3.8) is 0 Å². The Morgan fingerprint density at radius 2 is 0.727 bits per heavy atom. The SMILES string of the molecule is Fc1ccc(-c2ccc3c4ccccc4c4c5ccccc5c5ccccc5c4c3c2)cc1. The highest BCUT2D eigenvalue weighted by Gasteiger charge is 2.16. The minimum absolute atomic E-state index is 0.214. The molecule has 33 heavy (non-hydrogen) atoms. The Bertz CT molecular complexity index is 1850. The van der Waals surface area contributed by atoms with Crippen molar-refractivity contribution in [3.8, 4) is 11.1 Å². The van der Waals surface area contributed by atoms with Crippen LogP contribution in [0.25, 0.3) is 65.0 Å². The zero-order chi connectivity index (χ0) is 21.9. The van der Waals surface area contributed by atoms with Crippen molar-refractivity contribution < 1.29 is 4.39 Å². The summed E-state index contributed by atoms with van der Waals surface area (Å²) in [6.45, 7) is 0. The molecule has 0 saturated heterocycles. The van der Waals surface area contributed by atoms with Gasteiger partial charge in [0, 0.05) is 0 Å². The first kappa shape index (κ1) is 18.4. The van der Waals surface area contributed by atoms with Gasteiger partial charge in [-0.1, -0.05) is 97.1 Å². The summed E-state index contributed by atoms with van der Waals surface area (Å²) in [5.41, 5.74) is 2.11. The van der Waals surface area contributed by atoms with Crippen LogP contribution in [0.3, 0.4) is 0 Å². The number of halogens is 1. The lowest BCUT2D eigenvalue weighted by molar-refractivity contribution is 0.628. The van der Waals surface area contributed by atoms with Gasteiger partial charge in [-0.3, -0.25) is 0 Å². The van der Waals surface area contributed by atoms with Crippen LogP contribution >= 0.6 is 0 Å². The van der Waals surface area contributed by atoms with E-state index in [1.807, 2.05) is 12.1 Å². The van der Waals surface area contributed by atoms with Crippen LogP contribution in [0.4, 0.5) is 4.39 Å². The van der Waals surface area contributed by atoms with E-state index in [-0.39, 0.29) is 5.82 Å². The Morgan fingerprint density at radius 1 is 0.333 bits per heavy atom. The number of hydrogen-bond donors (Lipinski definition) is 0. The van der Waals surface area contributed by atoms with Crippen molar-refractivity contribution in [1.29, 1.82) is 0 Å². The Hall–Kier alpha value is -4.23. The maximum atomic E-state index is 13.6. The van der Waals surface area contributed by atoms with E-state index in [2.05, 4.69) is 91.0 Å². The second-order valence-electron chi connectivity index (χ2n) is 8.65. The van der Waals surface area contributed by atoms with Crippen molar-refractivity contribution >= 4 is 53.9 Å². The quantitative estimate of drug-likeness (QED) is 0.231. The molecule has 0 saturated carbocycles. The van der Waals surface area contributed by atoms with Gasteiger partial charge in [-0.25, -0.2) is 4.39 Å². The number of fused-ring (bicyclic) bond motifs is 11. The summed E-state index contributed by atoms with van der Waals surface area (Å²) in [7, 11) is 0. The van der Waals surface area contributed by atoms with E-state index in [0.717, 1.165) is 11.1 Å². The molecule has 154 valence electrons. The van der Waals surface area contributed by atoms with E-state index >= 15 is 0 Å². The summed E-state index contributed by atoms with van der Waals surface area (Å²) in [4.78, 5) is 0. The first-order chi connectivity index (χ1) is 16.3. The maximum absolute atomic E-state index is 13.6. The Balaban J connectivity index is 1.78. The molecule has 0 aliphatic rings. The molecule has 7 aromatic carbocycles. The molecule has 0 bridgehead atoms. The third-order valence-corrected chi connectivity index (χ3v) is 6.89. The van der Waals surface area contributed by atoms with Gasteiger partial charge in [0.05, 0.1) is 0 Å². The molecule has 0 N–H and O–H groups in total. The smallest absolute Gasteiger partial charge is 0.123 e. The van der Waals surface area contributed by atoms with Crippen molar-refractivity contribution in [2.24, 2.45) is 0 Å². The third-order valence-electron chi connectivity index (χ3n) is 6.89. The van der Waals surface area contributed by atoms with Crippen LogP contribution in [-0.4, -0.2) is 0 Å². The Kier molecular flexibility index (Phi) is 3.83. The van der Waals surface area contributed by atoms with Gasteiger partial charge in [-0.05, 0) is 83.2 Å². The molecule has 0 aliphatic carbocycles. The van der Waals surface area contributed by atoms with Crippen LogP contribution in [0.1, 0.15) is 0 Å². The monoisotopic (exact) mass is 422 g/mol. The highest BCUT2D eigenvalue weighted by atomic mass is 19.1. The van der Waals surface area contributed by atoms with Gasteiger partial charge >= 0.3 is 0 Å². The van der Waals surface area contributed by atoms with Crippen molar-refractivity contribution in [1.82, 2.24) is 0 Å². The minimum Gasteiger partial charge on any atom is -0.207 e. The molecule has 0 nitrogen and oxygen atoms in total. The van der Waals surface area contributed by atoms with Crippen LogP contribution in [0.15, 0.2) is 115 Å². The second kappa shape index (κ2) is 6.88. The Labute approximate surface area is 190 Å². The summed E-state index contributed by atoms with van der Waals surface area (Å²) >= 11 is 0. The van der Waals surface area contributed by atoms with E-state index in [0.29, 0.717) is 0 Å². The number of rotatable bonds is 1. The van der Waals surface area contributed by atoms with E-state index in [4.69, 9.17) is 0 Å². The van der Waals surface area contributed by atoms with Gasteiger partial charge in [0.25, 0.3) is 0 Å². The molecule has 7 aromatic rings. The largest absolute Gasteiger partial charge is 0.207 e. The standard InChI is InChI=1S/C32H19F/c33-22-16-13-20(14-17-22)21-15-18-26-25-9-3-5-11-28(25)31-27-10-4-1-7-23(27)24-8-2-6-12-29(24)32(31)30(26)19-21/h1-19H. The number of hydrogen-bond acceptors (Lipinski definition) is 0.